The van der Waals surface area contributed by atoms with Gasteiger partial charge in [0.1, 0.15) is 6.17 Å². The summed E-state index contributed by atoms with van der Waals surface area (Å²) in [6, 6.07) is -1.46. The monoisotopic (exact) mass is 219 g/mol. The van der Waals surface area contributed by atoms with Crippen LogP contribution >= 0.6 is 0 Å². The number of carboxylic acids is 1. The Morgan fingerprint density at radius 2 is 1.67 bits per heavy atom. The number of amides is 1. The Hall–Kier alpha value is -1.13. The lowest BCUT2D eigenvalue weighted by Gasteiger charge is -2.22. The summed E-state index contributed by atoms with van der Waals surface area (Å²) in [5.74, 6) is -2.60. The minimum atomic E-state index is -1.58. The molecular formula is C10H18FNO3. The third kappa shape index (κ3) is 4.27. The van der Waals surface area contributed by atoms with Crippen LogP contribution in [0.5, 0.6) is 0 Å². The molecule has 0 rings (SSSR count). The summed E-state index contributed by atoms with van der Waals surface area (Å²) in [6.07, 6.45) is -1.58. The molecule has 0 aromatic carbocycles. The quantitative estimate of drug-likeness (QED) is 0.730. The van der Waals surface area contributed by atoms with Crippen molar-refractivity contribution in [2.45, 2.75) is 39.9 Å². The Bertz CT molecular complexity index is 241. The Balaban J connectivity index is 4.55. The van der Waals surface area contributed by atoms with Gasteiger partial charge in [0.25, 0.3) is 0 Å². The molecule has 0 aliphatic heterocycles. The number of hydrogen-bond acceptors (Lipinski definition) is 2. The maximum atomic E-state index is 13.5. The number of halogens is 1. The zero-order chi connectivity index (χ0) is 12.2. The summed E-state index contributed by atoms with van der Waals surface area (Å²) in [7, 11) is 0. The molecule has 0 aromatic heterocycles. The number of aliphatic carboxylic acids is 1. The van der Waals surface area contributed by atoms with E-state index in [0.717, 1.165) is 0 Å². The summed E-state index contributed by atoms with van der Waals surface area (Å²) in [5, 5.41) is 11.0. The van der Waals surface area contributed by atoms with Crippen molar-refractivity contribution in [3.8, 4) is 0 Å². The number of carboxylic acid groups (broad SMARTS) is 1. The zero-order valence-corrected chi connectivity index (χ0v) is 9.45. The molecule has 2 N–H and O–H groups in total. The highest BCUT2D eigenvalue weighted by Crippen LogP contribution is 2.12. The molecule has 0 fully saturated rings. The Kier molecular flexibility index (Phi) is 5.25. The molecule has 5 heteroatoms. The smallest absolute Gasteiger partial charge is 0.329 e. The van der Waals surface area contributed by atoms with E-state index in [-0.39, 0.29) is 5.92 Å². The SMILES string of the molecule is CC(C)C(=O)NC(C(=O)O)C(F)C(C)C. The fraction of sp³-hybridized carbons (Fsp3) is 0.800. The lowest BCUT2D eigenvalue weighted by atomic mass is 10.0. The predicted octanol–water partition coefficient (Wildman–Crippen LogP) is 1.21. The molecule has 2 unspecified atom stereocenters. The predicted molar refractivity (Wildman–Crippen MR) is 54.1 cm³/mol. The highest BCUT2D eigenvalue weighted by atomic mass is 19.1. The molecule has 0 spiro atoms. The van der Waals surface area contributed by atoms with Crippen LogP contribution in [0.1, 0.15) is 27.7 Å². The van der Waals surface area contributed by atoms with E-state index in [1.54, 1.807) is 27.7 Å². The van der Waals surface area contributed by atoms with Gasteiger partial charge < -0.3 is 10.4 Å². The van der Waals surface area contributed by atoms with Crippen LogP contribution in [-0.4, -0.2) is 29.2 Å². The van der Waals surface area contributed by atoms with Crippen LogP contribution in [0.15, 0.2) is 0 Å². The summed E-state index contributed by atoms with van der Waals surface area (Å²) in [6.45, 7) is 6.39. The van der Waals surface area contributed by atoms with Gasteiger partial charge >= 0.3 is 5.97 Å². The van der Waals surface area contributed by atoms with Crippen molar-refractivity contribution in [3.63, 3.8) is 0 Å². The summed E-state index contributed by atoms with van der Waals surface area (Å²) in [5.41, 5.74) is 0. The number of alkyl halides is 1. The molecule has 0 aliphatic rings. The fourth-order valence-electron chi connectivity index (χ4n) is 0.982. The molecule has 0 saturated carbocycles. The molecule has 0 radical (unpaired) electrons. The van der Waals surface area contributed by atoms with Gasteiger partial charge in [-0.25, -0.2) is 9.18 Å². The normalized spacial score (nSPS) is 15.1. The van der Waals surface area contributed by atoms with Gasteiger partial charge in [0.2, 0.25) is 5.91 Å². The van der Waals surface area contributed by atoms with E-state index in [1.807, 2.05) is 0 Å². The molecule has 0 bridgehead atoms. The molecule has 15 heavy (non-hydrogen) atoms. The number of hydrogen-bond donors (Lipinski definition) is 2. The van der Waals surface area contributed by atoms with E-state index in [0.29, 0.717) is 0 Å². The van der Waals surface area contributed by atoms with Crippen LogP contribution in [-0.2, 0) is 9.59 Å². The molecule has 0 aliphatic carbocycles. The lowest BCUT2D eigenvalue weighted by Crippen LogP contribution is -2.50. The molecule has 4 nitrogen and oxygen atoms in total. The van der Waals surface area contributed by atoms with Crippen molar-refractivity contribution in [3.05, 3.63) is 0 Å². The molecule has 0 aromatic rings. The van der Waals surface area contributed by atoms with Gasteiger partial charge in [-0.15, -0.1) is 0 Å². The summed E-state index contributed by atoms with van der Waals surface area (Å²) in [4.78, 5) is 22.0. The minimum absolute atomic E-state index is 0.355. The van der Waals surface area contributed by atoms with Gasteiger partial charge in [0.15, 0.2) is 6.04 Å². The van der Waals surface area contributed by atoms with Gasteiger partial charge in [-0.2, -0.15) is 0 Å². The van der Waals surface area contributed by atoms with Crippen molar-refractivity contribution in [2.75, 3.05) is 0 Å². The summed E-state index contributed by atoms with van der Waals surface area (Å²) < 4.78 is 13.5. The van der Waals surface area contributed by atoms with Gasteiger partial charge in [-0.05, 0) is 5.92 Å². The van der Waals surface area contributed by atoms with Crippen molar-refractivity contribution < 1.29 is 19.1 Å². The Morgan fingerprint density at radius 3 is 1.93 bits per heavy atom. The third-order valence-corrected chi connectivity index (χ3v) is 2.04. The first-order chi connectivity index (χ1) is 6.77. The molecule has 1 amide bonds. The third-order valence-electron chi connectivity index (χ3n) is 2.04. The minimum Gasteiger partial charge on any atom is -0.480 e. The molecule has 0 saturated heterocycles. The average Bonchev–Trinajstić information content (AvgIpc) is 2.11. The van der Waals surface area contributed by atoms with Crippen molar-refractivity contribution >= 4 is 11.9 Å². The van der Waals surface area contributed by atoms with Crippen LogP contribution in [0.25, 0.3) is 0 Å². The van der Waals surface area contributed by atoms with Gasteiger partial charge in [-0.3, -0.25) is 4.79 Å². The standard InChI is InChI=1S/C10H18FNO3/c1-5(2)7(11)8(10(14)15)12-9(13)6(3)4/h5-8H,1-4H3,(H,12,13)(H,14,15). The first-order valence-corrected chi connectivity index (χ1v) is 4.94. The van der Waals surface area contributed by atoms with E-state index in [4.69, 9.17) is 5.11 Å². The second-order valence-electron chi connectivity index (χ2n) is 4.17. The van der Waals surface area contributed by atoms with Crippen LogP contribution in [0, 0.1) is 11.8 Å². The fourth-order valence-corrected chi connectivity index (χ4v) is 0.982. The van der Waals surface area contributed by atoms with Crippen LogP contribution in [0.2, 0.25) is 0 Å². The number of rotatable bonds is 5. The second-order valence-corrected chi connectivity index (χ2v) is 4.17. The number of nitrogens with one attached hydrogen (secondary N) is 1. The van der Waals surface area contributed by atoms with E-state index < -0.39 is 30.0 Å². The average molecular weight is 219 g/mol. The Labute approximate surface area is 88.9 Å². The first kappa shape index (κ1) is 13.9. The topological polar surface area (TPSA) is 66.4 Å². The van der Waals surface area contributed by atoms with Crippen molar-refractivity contribution in [2.24, 2.45) is 11.8 Å². The first-order valence-electron chi connectivity index (χ1n) is 4.94. The van der Waals surface area contributed by atoms with E-state index in [1.165, 1.54) is 0 Å². The number of carbonyl (C=O) groups excluding carboxylic acids is 1. The second kappa shape index (κ2) is 5.68. The van der Waals surface area contributed by atoms with Gasteiger partial charge in [0, 0.05) is 5.92 Å². The van der Waals surface area contributed by atoms with Gasteiger partial charge in [0.05, 0.1) is 0 Å². The van der Waals surface area contributed by atoms with Crippen molar-refractivity contribution in [1.82, 2.24) is 5.32 Å². The zero-order valence-electron chi connectivity index (χ0n) is 9.45. The Morgan fingerprint density at radius 1 is 1.20 bits per heavy atom. The van der Waals surface area contributed by atoms with E-state index in [9.17, 15) is 14.0 Å². The van der Waals surface area contributed by atoms with E-state index in [2.05, 4.69) is 5.32 Å². The molecule has 88 valence electrons. The van der Waals surface area contributed by atoms with Crippen LogP contribution in [0.3, 0.4) is 0 Å². The van der Waals surface area contributed by atoms with E-state index >= 15 is 0 Å². The van der Waals surface area contributed by atoms with Crippen molar-refractivity contribution in [1.29, 1.82) is 0 Å². The van der Waals surface area contributed by atoms with Gasteiger partial charge in [-0.1, -0.05) is 27.7 Å². The highest BCUT2D eigenvalue weighted by molar-refractivity contribution is 5.85. The van der Waals surface area contributed by atoms with Crippen LogP contribution < -0.4 is 5.32 Å². The largest absolute Gasteiger partial charge is 0.480 e. The lowest BCUT2D eigenvalue weighted by molar-refractivity contribution is -0.144. The number of carbonyl (C=O) groups is 2. The summed E-state index contributed by atoms with van der Waals surface area (Å²) >= 11 is 0. The maximum Gasteiger partial charge on any atom is 0.329 e. The molecule has 0 heterocycles. The highest BCUT2D eigenvalue weighted by Gasteiger charge is 2.32. The maximum absolute atomic E-state index is 13.5. The van der Waals surface area contributed by atoms with Crippen LogP contribution in [0.4, 0.5) is 4.39 Å². The molecule has 2 atom stereocenters. The molecular weight excluding hydrogens is 201 g/mol.